The van der Waals surface area contributed by atoms with E-state index < -0.39 is 5.60 Å². The van der Waals surface area contributed by atoms with Crippen LogP contribution < -0.4 is 16.1 Å². The molecular weight excluding hydrogens is 443 g/mol. The number of amides is 1. The van der Waals surface area contributed by atoms with Crippen molar-refractivity contribution in [2.75, 3.05) is 5.32 Å². The van der Waals surface area contributed by atoms with Crippen molar-refractivity contribution < 1.29 is 18.8 Å². The van der Waals surface area contributed by atoms with Crippen molar-refractivity contribution in [2.45, 2.75) is 110 Å². The minimum Gasteiger partial charge on any atom is -0.444 e. The first-order valence-electron chi connectivity index (χ1n) is 12.8. The Hall–Kier alpha value is -2.39. The molecule has 2 heterocycles. The number of carbonyl (C=O) groups excluding carboxylic acids is 1. The highest BCUT2D eigenvalue weighted by Gasteiger charge is 2.44. The number of anilines is 1. The Balaban J connectivity index is 1.40. The molecule has 9 heteroatoms. The smallest absolute Gasteiger partial charge is 0.444 e. The number of alkyl carbamates (subject to hydrolysis) is 1. The van der Waals surface area contributed by atoms with Gasteiger partial charge in [-0.25, -0.2) is 14.8 Å². The van der Waals surface area contributed by atoms with Gasteiger partial charge >= 0.3 is 13.2 Å². The zero-order valence-electron chi connectivity index (χ0n) is 22.1. The summed E-state index contributed by atoms with van der Waals surface area (Å²) in [5.74, 6) is 0.645. The van der Waals surface area contributed by atoms with Crippen molar-refractivity contribution in [3.8, 4) is 0 Å². The Kier molecular flexibility index (Phi) is 7.29. The summed E-state index contributed by atoms with van der Waals surface area (Å²) in [6.07, 6.45) is 6.07. The van der Waals surface area contributed by atoms with Crippen LogP contribution in [0.1, 0.15) is 79.7 Å². The van der Waals surface area contributed by atoms with Crippen LogP contribution in [-0.4, -0.2) is 52.6 Å². The number of nitrogens with zero attached hydrogens (tertiary/aromatic N) is 2. The summed E-state index contributed by atoms with van der Waals surface area (Å²) in [7, 11) is -0.378. The van der Waals surface area contributed by atoms with Crippen molar-refractivity contribution in [1.82, 2.24) is 15.3 Å². The second kappa shape index (κ2) is 9.93. The van der Waals surface area contributed by atoms with Crippen LogP contribution in [0.2, 0.25) is 0 Å². The average molecular weight is 482 g/mol. The quantitative estimate of drug-likeness (QED) is 0.612. The number of hydrogen-bond donors (Lipinski definition) is 2. The standard InChI is InChI=1S/C26H39BN4O4/c1-8-17-13-19(27-34-16(2)26(6,7)35-27)14-18-15-28-23(31-22(17)18)29-20-9-11-21(12-10-20)30-24(32)33-25(3,4)5/h13-16,20-21H,8-12H2,1-7H3,(H,30,32)(H,28,29,31). The molecule has 1 aromatic carbocycles. The second-order valence-corrected chi connectivity index (χ2v) is 11.3. The Labute approximate surface area is 209 Å². The first kappa shape index (κ1) is 25.7. The van der Waals surface area contributed by atoms with Gasteiger partial charge in [-0.1, -0.05) is 19.1 Å². The first-order chi connectivity index (χ1) is 16.4. The van der Waals surface area contributed by atoms with E-state index in [4.69, 9.17) is 19.0 Å². The second-order valence-electron chi connectivity index (χ2n) is 11.3. The molecular formula is C26H39BN4O4. The molecule has 2 aromatic rings. The highest BCUT2D eigenvalue weighted by Crippen LogP contribution is 2.28. The van der Waals surface area contributed by atoms with E-state index in [1.165, 1.54) is 0 Å². The Morgan fingerprint density at radius 3 is 2.49 bits per heavy atom. The molecule has 2 fully saturated rings. The van der Waals surface area contributed by atoms with E-state index in [9.17, 15) is 4.79 Å². The molecule has 2 N–H and O–H groups in total. The number of benzene rings is 1. The number of aryl methyl sites for hydroxylation is 1. The monoisotopic (exact) mass is 482 g/mol. The minimum atomic E-state index is -0.486. The van der Waals surface area contributed by atoms with E-state index in [2.05, 4.69) is 48.5 Å². The topological polar surface area (TPSA) is 94.6 Å². The van der Waals surface area contributed by atoms with Gasteiger partial charge in [0.05, 0.1) is 17.2 Å². The maximum atomic E-state index is 12.1. The van der Waals surface area contributed by atoms with E-state index in [1.54, 1.807) is 0 Å². The molecule has 0 radical (unpaired) electrons. The molecule has 35 heavy (non-hydrogen) atoms. The summed E-state index contributed by atoms with van der Waals surface area (Å²) in [4.78, 5) is 21.5. The van der Waals surface area contributed by atoms with Gasteiger partial charge in [0.15, 0.2) is 0 Å². The number of rotatable bonds is 5. The van der Waals surface area contributed by atoms with Crippen molar-refractivity contribution in [3.63, 3.8) is 0 Å². The predicted octanol–water partition coefficient (Wildman–Crippen LogP) is 4.35. The Bertz CT molecular complexity index is 1060. The van der Waals surface area contributed by atoms with Gasteiger partial charge in [0.1, 0.15) is 5.60 Å². The summed E-state index contributed by atoms with van der Waals surface area (Å²) in [6.45, 7) is 13.9. The molecule has 4 rings (SSSR count). The van der Waals surface area contributed by atoms with Crippen LogP contribution in [0.3, 0.4) is 0 Å². The van der Waals surface area contributed by atoms with E-state index in [-0.39, 0.29) is 37.0 Å². The van der Waals surface area contributed by atoms with E-state index in [0.717, 1.165) is 54.0 Å². The number of nitrogens with one attached hydrogen (secondary N) is 2. The maximum Gasteiger partial charge on any atom is 0.494 e. The largest absolute Gasteiger partial charge is 0.494 e. The number of hydrogen-bond acceptors (Lipinski definition) is 7. The van der Waals surface area contributed by atoms with Gasteiger partial charge in [0.2, 0.25) is 5.95 Å². The van der Waals surface area contributed by atoms with Crippen molar-refractivity contribution in [3.05, 3.63) is 23.9 Å². The third kappa shape index (κ3) is 6.25. The molecule has 1 unspecified atom stereocenters. The zero-order chi connectivity index (χ0) is 25.4. The number of ether oxygens (including phenoxy) is 1. The molecule has 8 nitrogen and oxygen atoms in total. The van der Waals surface area contributed by atoms with Crippen LogP contribution in [0.5, 0.6) is 0 Å². The van der Waals surface area contributed by atoms with Gasteiger partial charge in [-0.15, -0.1) is 0 Å². The fourth-order valence-corrected chi connectivity index (χ4v) is 4.65. The number of fused-ring (bicyclic) bond motifs is 1. The predicted molar refractivity (Wildman–Crippen MR) is 139 cm³/mol. The van der Waals surface area contributed by atoms with Gasteiger partial charge in [-0.3, -0.25) is 0 Å². The average Bonchev–Trinajstić information content (AvgIpc) is 3.05. The maximum absolute atomic E-state index is 12.1. The number of aromatic nitrogens is 2. The molecule has 1 saturated carbocycles. The van der Waals surface area contributed by atoms with Crippen molar-refractivity contribution >= 4 is 35.5 Å². The Morgan fingerprint density at radius 1 is 1.20 bits per heavy atom. The lowest BCUT2D eigenvalue weighted by Crippen LogP contribution is -2.42. The van der Waals surface area contributed by atoms with Crippen LogP contribution >= 0.6 is 0 Å². The van der Waals surface area contributed by atoms with Gasteiger partial charge in [-0.05, 0) is 84.7 Å². The van der Waals surface area contributed by atoms with E-state index in [0.29, 0.717) is 5.95 Å². The highest BCUT2D eigenvalue weighted by atomic mass is 16.7. The minimum absolute atomic E-state index is 0.0190. The van der Waals surface area contributed by atoms with Crippen LogP contribution in [0.15, 0.2) is 18.3 Å². The van der Waals surface area contributed by atoms with Gasteiger partial charge in [0, 0.05) is 23.7 Å². The highest BCUT2D eigenvalue weighted by molar-refractivity contribution is 6.62. The molecule has 190 valence electrons. The molecule has 0 bridgehead atoms. The third-order valence-electron chi connectivity index (χ3n) is 6.94. The fraction of sp³-hybridized carbons (Fsp3) is 0.654. The SMILES string of the molecule is CCc1cc(B2OC(C)C(C)(C)O2)cc2cnc(NC3CCC(NC(=O)OC(C)(C)C)CC3)nc12. The summed E-state index contributed by atoms with van der Waals surface area (Å²) in [6, 6.07) is 4.63. The lowest BCUT2D eigenvalue weighted by molar-refractivity contribution is 0.0492. The summed E-state index contributed by atoms with van der Waals surface area (Å²) >= 11 is 0. The molecule has 1 aliphatic heterocycles. The van der Waals surface area contributed by atoms with Crippen LogP contribution in [0.4, 0.5) is 10.7 Å². The summed E-state index contributed by atoms with van der Waals surface area (Å²) < 4.78 is 17.6. The summed E-state index contributed by atoms with van der Waals surface area (Å²) in [5.41, 5.74) is 2.31. The van der Waals surface area contributed by atoms with E-state index in [1.807, 2.05) is 33.9 Å². The van der Waals surface area contributed by atoms with Crippen LogP contribution in [0.25, 0.3) is 10.9 Å². The van der Waals surface area contributed by atoms with Gasteiger partial charge in [-0.2, -0.15) is 0 Å². The molecule has 1 saturated heterocycles. The first-order valence-corrected chi connectivity index (χ1v) is 12.8. The van der Waals surface area contributed by atoms with E-state index >= 15 is 0 Å². The lowest BCUT2D eigenvalue weighted by Gasteiger charge is -2.30. The molecule has 1 aromatic heterocycles. The van der Waals surface area contributed by atoms with Crippen molar-refractivity contribution in [2.24, 2.45) is 0 Å². The molecule has 2 aliphatic rings. The van der Waals surface area contributed by atoms with Gasteiger partial charge < -0.3 is 24.7 Å². The third-order valence-corrected chi connectivity index (χ3v) is 6.94. The van der Waals surface area contributed by atoms with Crippen LogP contribution in [0, 0.1) is 0 Å². The van der Waals surface area contributed by atoms with Crippen molar-refractivity contribution in [1.29, 1.82) is 0 Å². The van der Waals surface area contributed by atoms with Crippen LogP contribution in [-0.2, 0) is 20.5 Å². The summed E-state index contributed by atoms with van der Waals surface area (Å²) in [5, 5.41) is 7.49. The fourth-order valence-electron chi connectivity index (χ4n) is 4.65. The zero-order valence-corrected chi connectivity index (χ0v) is 22.1. The molecule has 1 amide bonds. The Morgan fingerprint density at radius 2 is 1.89 bits per heavy atom. The van der Waals surface area contributed by atoms with Gasteiger partial charge in [0.25, 0.3) is 0 Å². The molecule has 0 spiro atoms. The number of carbonyl (C=O) groups is 1. The molecule has 1 atom stereocenters. The lowest BCUT2D eigenvalue weighted by atomic mass is 9.77. The normalized spacial score (nSPS) is 24.4. The molecule has 1 aliphatic carbocycles.